The van der Waals surface area contributed by atoms with Gasteiger partial charge in [0.1, 0.15) is 11.7 Å². The number of aromatic nitrogens is 1. The van der Waals surface area contributed by atoms with Crippen LogP contribution >= 0.6 is 7.60 Å². The Labute approximate surface area is 244 Å². The highest BCUT2D eigenvalue weighted by Gasteiger charge is 2.37. The van der Waals surface area contributed by atoms with Gasteiger partial charge in [-0.3, -0.25) is 14.2 Å². The predicted molar refractivity (Wildman–Crippen MR) is 155 cm³/mol. The number of nitrogens with one attached hydrogen (secondary N) is 1. The molecule has 1 aromatic carbocycles. The van der Waals surface area contributed by atoms with Gasteiger partial charge in [0.25, 0.3) is 5.91 Å². The van der Waals surface area contributed by atoms with Gasteiger partial charge in [0.2, 0.25) is 5.91 Å². The van der Waals surface area contributed by atoms with E-state index in [0.29, 0.717) is 18.8 Å². The van der Waals surface area contributed by atoms with Gasteiger partial charge in [0.05, 0.1) is 24.6 Å². The van der Waals surface area contributed by atoms with Gasteiger partial charge in [-0.25, -0.2) is 9.78 Å². The van der Waals surface area contributed by atoms with Crippen molar-refractivity contribution in [2.45, 2.75) is 38.5 Å². The molecule has 4 rings (SSSR count). The fourth-order valence-electron chi connectivity index (χ4n) is 5.25. The first-order chi connectivity index (χ1) is 20.0. The van der Waals surface area contributed by atoms with Crippen LogP contribution in [-0.2, 0) is 18.8 Å². The number of pyridine rings is 1. The van der Waals surface area contributed by atoms with Crippen LogP contribution in [0.5, 0.6) is 0 Å². The Morgan fingerprint density at radius 3 is 2.48 bits per heavy atom. The molecule has 228 valence electrons. The fourth-order valence-corrected chi connectivity index (χ4v) is 5.97. The van der Waals surface area contributed by atoms with Gasteiger partial charge in [-0.05, 0) is 32.4 Å². The number of rotatable bonds is 9. The van der Waals surface area contributed by atoms with Crippen LogP contribution in [0, 0.1) is 0 Å². The van der Waals surface area contributed by atoms with Crippen molar-refractivity contribution in [1.82, 2.24) is 20.1 Å². The van der Waals surface area contributed by atoms with E-state index in [4.69, 9.17) is 9.47 Å². The summed E-state index contributed by atoms with van der Waals surface area (Å²) >= 11 is 0. The third-order valence-electron chi connectivity index (χ3n) is 7.42. The SMILES string of the molecule is CCOC(=O)N1CCN(C(=O)C(CP(=O)(O)O)NC(=O)c2cc(N3CC[C@@H](OC)C3)cc(-c3ccccc3)n2)C(C)C1. The smallest absolute Gasteiger partial charge is 0.409 e. The van der Waals surface area contributed by atoms with Gasteiger partial charge in [-0.2, -0.15) is 0 Å². The molecule has 14 heteroatoms. The topological polar surface area (TPSA) is 162 Å². The molecule has 13 nitrogen and oxygen atoms in total. The van der Waals surface area contributed by atoms with Crippen LogP contribution < -0.4 is 10.2 Å². The summed E-state index contributed by atoms with van der Waals surface area (Å²) < 4.78 is 22.6. The van der Waals surface area contributed by atoms with Crippen LogP contribution in [0.3, 0.4) is 0 Å². The van der Waals surface area contributed by atoms with Gasteiger partial charge >= 0.3 is 13.7 Å². The van der Waals surface area contributed by atoms with Crippen molar-refractivity contribution in [2.75, 3.05) is 57.5 Å². The van der Waals surface area contributed by atoms with Crippen molar-refractivity contribution in [3.63, 3.8) is 0 Å². The lowest BCUT2D eigenvalue weighted by atomic mass is 10.1. The number of anilines is 1. The molecule has 2 aliphatic rings. The highest BCUT2D eigenvalue weighted by molar-refractivity contribution is 7.51. The van der Waals surface area contributed by atoms with Crippen molar-refractivity contribution >= 4 is 31.2 Å². The molecular weight excluding hydrogens is 565 g/mol. The molecule has 0 bridgehead atoms. The van der Waals surface area contributed by atoms with Crippen LogP contribution in [0.15, 0.2) is 42.5 Å². The standard InChI is InChI=1S/C28H38N5O8P/c1-4-41-28(36)32-12-13-33(19(2)16-32)27(35)25(18-42(37,38)39)30-26(34)24-15-21(31-11-10-22(17-31)40-3)14-23(29-24)20-8-6-5-7-9-20/h5-9,14-15,19,22,25H,4,10-13,16-18H2,1-3H3,(H,30,34)(H2,37,38,39)/t19?,22-,25?/m1/s1. The lowest BCUT2D eigenvalue weighted by molar-refractivity contribution is -0.137. The van der Waals surface area contributed by atoms with E-state index in [0.717, 1.165) is 17.7 Å². The third-order valence-corrected chi connectivity index (χ3v) is 8.26. The molecule has 2 aromatic rings. The lowest BCUT2D eigenvalue weighted by Crippen LogP contribution is -2.60. The Morgan fingerprint density at radius 1 is 1.12 bits per heavy atom. The van der Waals surface area contributed by atoms with E-state index in [2.05, 4.69) is 15.2 Å². The highest BCUT2D eigenvalue weighted by atomic mass is 31.2. The number of hydrogen-bond acceptors (Lipinski definition) is 8. The predicted octanol–water partition coefficient (Wildman–Crippen LogP) is 1.94. The maximum Gasteiger partial charge on any atom is 0.409 e. The molecule has 2 aliphatic heterocycles. The molecule has 0 aliphatic carbocycles. The minimum absolute atomic E-state index is 0.0101. The number of carbonyl (C=O) groups is 3. The van der Waals surface area contributed by atoms with E-state index in [1.165, 1.54) is 9.80 Å². The normalized spacial score (nSPS) is 19.9. The van der Waals surface area contributed by atoms with Crippen molar-refractivity contribution in [1.29, 1.82) is 0 Å². The van der Waals surface area contributed by atoms with Gasteiger partial charge in [-0.1, -0.05) is 30.3 Å². The molecule has 0 spiro atoms. The summed E-state index contributed by atoms with van der Waals surface area (Å²) in [7, 11) is -3.06. The van der Waals surface area contributed by atoms with Gasteiger partial charge < -0.3 is 39.3 Å². The quantitative estimate of drug-likeness (QED) is 0.361. The average Bonchev–Trinajstić information content (AvgIpc) is 3.46. The van der Waals surface area contributed by atoms with E-state index in [-0.39, 0.29) is 38.0 Å². The molecule has 42 heavy (non-hydrogen) atoms. The van der Waals surface area contributed by atoms with E-state index in [1.54, 1.807) is 27.0 Å². The summed E-state index contributed by atoms with van der Waals surface area (Å²) in [6, 6.07) is 10.8. The van der Waals surface area contributed by atoms with E-state index >= 15 is 0 Å². The second kappa shape index (κ2) is 13.6. The summed E-state index contributed by atoms with van der Waals surface area (Å²) in [6.07, 6.45) is -0.504. The molecule has 0 radical (unpaired) electrons. The number of carbonyl (C=O) groups excluding carboxylic acids is 3. The molecule has 2 saturated heterocycles. The number of methoxy groups -OCH3 is 1. The summed E-state index contributed by atoms with van der Waals surface area (Å²) in [5, 5.41) is 2.54. The second-order valence-corrected chi connectivity index (χ2v) is 12.1. The first-order valence-corrected chi connectivity index (χ1v) is 15.7. The lowest BCUT2D eigenvalue weighted by Gasteiger charge is -2.40. The Balaban J connectivity index is 1.59. The van der Waals surface area contributed by atoms with E-state index < -0.39 is 43.7 Å². The van der Waals surface area contributed by atoms with E-state index in [9.17, 15) is 28.7 Å². The van der Waals surface area contributed by atoms with Crippen molar-refractivity contribution < 1.29 is 38.2 Å². The van der Waals surface area contributed by atoms with Crippen LogP contribution in [0.4, 0.5) is 10.5 Å². The zero-order chi connectivity index (χ0) is 30.4. The summed E-state index contributed by atoms with van der Waals surface area (Å²) in [5.74, 6) is -1.38. The maximum absolute atomic E-state index is 13.6. The summed E-state index contributed by atoms with van der Waals surface area (Å²) in [5.41, 5.74) is 2.08. The minimum atomic E-state index is -4.72. The van der Waals surface area contributed by atoms with Crippen molar-refractivity contribution in [3.8, 4) is 11.3 Å². The first kappa shape index (κ1) is 31.4. The van der Waals surface area contributed by atoms with Crippen LogP contribution in [0.25, 0.3) is 11.3 Å². The van der Waals surface area contributed by atoms with Crippen LogP contribution in [-0.4, -0.2) is 113 Å². The fraction of sp³-hybridized carbons (Fsp3) is 0.500. The monoisotopic (exact) mass is 603 g/mol. The Kier molecular flexibility index (Phi) is 10.2. The first-order valence-electron chi connectivity index (χ1n) is 13.9. The Bertz CT molecular complexity index is 1320. The van der Waals surface area contributed by atoms with Crippen LogP contribution in [0.2, 0.25) is 0 Å². The molecule has 3 atom stereocenters. The minimum Gasteiger partial charge on any atom is -0.450 e. The molecule has 0 saturated carbocycles. The molecule has 3 amide bonds. The van der Waals surface area contributed by atoms with E-state index in [1.807, 2.05) is 36.4 Å². The van der Waals surface area contributed by atoms with Gasteiger partial charge in [0, 0.05) is 57.1 Å². The highest BCUT2D eigenvalue weighted by Crippen LogP contribution is 2.36. The summed E-state index contributed by atoms with van der Waals surface area (Å²) in [6.45, 7) is 5.48. The third kappa shape index (κ3) is 7.86. The second-order valence-electron chi connectivity index (χ2n) is 10.5. The van der Waals surface area contributed by atoms with Crippen molar-refractivity contribution in [2.24, 2.45) is 0 Å². The number of amides is 3. The molecule has 2 fully saturated rings. The maximum atomic E-state index is 13.6. The molecule has 1 aromatic heterocycles. The molecular formula is C28H38N5O8P. The number of nitrogens with zero attached hydrogens (tertiary/aromatic N) is 4. The zero-order valence-electron chi connectivity index (χ0n) is 24.0. The Morgan fingerprint density at radius 2 is 1.86 bits per heavy atom. The average molecular weight is 604 g/mol. The number of benzene rings is 1. The van der Waals surface area contributed by atoms with Gasteiger partial charge in [0.15, 0.2) is 0 Å². The van der Waals surface area contributed by atoms with Crippen LogP contribution in [0.1, 0.15) is 30.8 Å². The van der Waals surface area contributed by atoms with Gasteiger partial charge in [-0.15, -0.1) is 0 Å². The Hall–Kier alpha value is -3.51. The number of ether oxygens (including phenoxy) is 2. The largest absolute Gasteiger partial charge is 0.450 e. The molecule has 3 heterocycles. The van der Waals surface area contributed by atoms with Crippen molar-refractivity contribution in [3.05, 3.63) is 48.2 Å². The number of piperazine rings is 1. The number of hydrogen-bond donors (Lipinski definition) is 3. The molecule has 3 N–H and O–H groups in total. The summed E-state index contributed by atoms with van der Waals surface area (Å²) in [4.78, 5) is 68.4. The zero-order valence-corrected chi connectivity index (χ0v) is 24.9. The molecule has 2 unspecified atom stereocenters.